The van der Waals surface area contributed by atoms with Crippen molar-refractivity contribution in [3.05, 3.63) is 61.1 Å². The molecule has 2 heterocycles. The molecule has 0 fully saturated rings. The van der Waals surface area contributed by atoms with Gasteiger partial charge in [-0.05, 0) is 19.1 Å². The number of allylic oxidation sites excluding steroid dienone is 1. The highest BCUT2D eigenvalue weighted by Crippen LogP contribution is 2.20. The topological polar surface area (TPSA) is 42.7 Å². The van der Waals surface area contributed by atoms with Crippen molar-refractivity contribution in [2.45, 2.75) is 13.5 Å². The van der Waals surface area contributed by atoms with Crippen molar-refractivity contribution in [2.75, 3.05) is 5.32 Å². The van der Waals surface area contributed by atoms with E-state index >= 15 is 0 Å². The third-order valence-electron chi connectivity index (χ3n) is 3.07. The van der Waals surface area contributed by atoms with E-state index < -0.39 is 0 Å². The van der Waals surface area contributed by atoms with Gasteiger partial charge in [-0.3, -0.25) is 4.98 Å². The second-order valence-electron chi connectivity index (χ2n) is 4.69. The van der Waals surface area contributed by atoms with Gasteiger partial charge in [-0.15, -0.1) is 6.58 Å². The number of nitrogens with one attached hydrogen (secondary N) is 1. The zero-order valence-electron chi connectivity index (χ0n) is 11.4. The maximum Gasteiger partial charge on any atom is 0.207 e. The highest BCUT2D eigenvalue weighted by molar-refractivity contribution is 5.82. The summed E-state index contributed by atoms with van der Waals surface area (Å²) in [4.78, 5) is 8.92. The molecule has 0 unspecified atom stereocenters. The summed E-state index contributed by atoms with van der Waals surface area (Å²) in [5.74, 6) is 0.805. The van der Waals surface area contributed by atoms with Crippen LogP contribution in [0.2, 0.25) is 0 Å². The Bertz CT molecular complexity index is 758. The van der Waals surface area contributed by atoms with Gasteiger partial charge < -0.3 is 9.88 Å². The van der Waals surface area contributed by atoms with Gasteiger partial charge in [0, 0.05) is 18.1 Å². The number of hydrogen-bond acceptors (Lipinski definition) is 3. The Morgan fingerprint density at radius 1 is 1.35 bits per heavy atom. The Morgan fingerprint density at radius 2 is 2.20 bits per heavy atom. The van der Waals surface area contributed by atoms with Crippen LogP contribution in [0.3, 0.4) is 0 Å². The highest BCUT2D eigenvalue weighted by atomic mass is 15.2. The average Bonchev–Trinajstić information content (AvgIpc) is 2.79. The van der Waals surface area contributed by atoms with Crippen LogP contribution in [-0.4, -0.2) is 14.5 Å². The van der Waals surface area contributed by atoms with E-state index in [-0.39, 0.29) is 0 Å². The lowest BCUT2D eigenvalue weighted by molar-refractivity contribution is 0.832. The molecule has 0 aliphatic carbocycles. The molecule has 0 saturated heterocycles. The zero-order valence-corrected chi connectivity index (χ0v) is 11.4. The normalized spacial score (nSPS) is 10.7. The Labute approximate surface area is 117 Å². The molecule has 0 aliphatic rings. The summed E-state index contributed by atoms with van der Waals surface area (Å²) in [7, 11) is 0. The molecular formula is C16H16N4. The van der Waals surface area contributed by atoms with Crippen LogP contribution in [0.25, 0.3) is 10.9 Å². The van der Waals surface area contributed by atoms with E-state index in [1.165, 1.54) is 0 Å². The van der Waals surface area contributed by atoms with Crippen molar-refractivity contribution in [1.29, 1.82) is 0 Å². The quantitative estimate of drug-likeness (QED) is 0.731. The Kier molecular flexibility index (Phi) is 3.21. The average molecular weight is 264 g/mol. The predicted octanol–water partition coefficient (Wildman–Crippen LogP) is 3.67. The van der Waals surface area contributed by atoms with Gasteiger partial charge in [0.25, 0.3) is 0 Å². The molecule has 4 heteroatoms. The zero-order chi connectivity index (χ0) is 13.9. The van der Waals surface area contributed by atoms with E-state index in [1.807, 2.05) is 48.2 Å². The molecule has 4 nitrogen and oxygen atoms in total. The lowest BCUT2D eigenvalue weighted by Crippen LogP contribution is -2.02. The molecule has 2 aromatic heterocycles. The van der Waals surface area contributed by atoms with Crippen molar-refractivity contribution in [3.8, 4) is 0 Å². The maximum absolute atomic E-state index is 4.48. The number of aryl methyl sites for hydroxylation is 1. The predicted molar refractivity (Wildman–Crippen MR) is 82.2 cm³/mol. The summed E-state index contributed by atoms with van der Waals surface area (Å²) in [5.41, 5.74) is 2.89. The number of hydrogen-bond donors (Lipinski definition) is 1. The molecule has 0 radical (unpaired) electrons. The summed E-state index contributed by atoms with van der Waals surface area (Å²) in [6.45, 7) is 6.47. The second kappa shape index (κ2) is 5.17. The molecule has 0 spiro atoms. The maximum atomic E-state index is 4.48. The van der Waals surface area contributed by atoms with Gasteiger partial charge in [0.1, 0.15) is 0 Å². The number of anilines is 2. The van der Waals surface area contributed by atoms with Crippen LogP contribution in [0.5, 0.6) is 0 Å². The van der Waals surface area contributed by atoms with Crippen LogP contribution < -0.4 is 5.32 Å². The first kappa shape index (κ1) is 12.4. The van der Waals surface area contributed by atoms with Crippen LogP contribution in [0.1, 0.15) is 5.69 Å². The van der Waals surface area contributed by atoms with Crippen molar-refractivity contribution in [2.24, 2.45) is 0 Å². The van der Waals surface area contributed by atoms with Gasteiger partial charge in [0.05, 0.1) is 23.1 Å². The summed E-state index contributed by atoms with van der Waals surface area (Å²) in [6.07, 6.45) is 5.67. The fourth-order valence-electron chi connectivity index (χ4n) is 2.19. The minimum atomic E-state index is 0.726. The molecule has 1 aromatic carbocycles. The van der Waals surface area contributed by atoms with Crippen LogP contribution in [-0.2, 0) is 6.54 Å². The number of imidazole rings is 1. The number of pyridine rings is 1. The molecular weight excluding hydrogens is 248 g/mol. The van der Waals surface area contributed by atoms with Gasteiger partial charge >= 0.3 is 0 Å². The molecule has 0 saturated carbocycles. The lowest BCUT2D eigenvalue weighted by atomic mass is 10.2. The molecule has 100 valence electrons. The van der Waals surface area contributed by atoms with Gasteiger partial charge in [0.15, 0.2) is 0 Å². The Balaban J connectivity index is 1.94. The number of nitrogens with zero attached hydrogens (tertiary/aromatic N) is 3. The summed E-state index contributed by atoms with van der Waals surface area (Å²) < 4.78 is 2.03. The fraction of sp³-hybridized carbons (Fsp3) is 0.125. The highest BCUT2D eigenvalue weighted by Gasteiger charge is 2.05. The third kappa shape index (κ3) is 2.40. The molecule has 0 atom stereocenters. The first-order valence-corrected chi connectivity index (χ1v) is 6.53. The molecule has 3 aromatic rings. The Hall–Kier alpha value is -2.62. The monoisotopic (exact) mass is 264 g/mol. The molecule has 0 bridgehead atoms. The number of aromatic nitrogens is 3. The number of fused-ring (bicyclic) bond motifs is 1. The van der Waals surface area contributed by atoms with Gasteiger partial charge in [0.2, 0.25) is 5.95 Å². The first-order valence-electron chi connectivity index (χ1n) is 6.53. The van der Waals surface area contributed by atoms with E-state index in [2.05, 4.69) is 34.0 Å². The minimum Gasteiger partial charge on any atom is -0.324 e. The number of benzene rings is 1. The van der Waals surface area contributed by atoms with E-state index in [1.54, 1.807) is 0 Å². The number of para-hydroxylation sites is 1. The van der Waals surface area contributed by atoms with Crippen LogP contribution in [0.15, 0.2) is 55.4 Å². The van der Waals surface area contributed by atoms with Crippen molar-refractivity contribution in [3.63, 3.8) is 0 Å². The molecule has 3 rings (SSSR count). The Morgan fingerprint density at radius 3 is 3.05 bits per heavy atom. The van der Waals surface area contributed by atoms with E-state index in [9.17, 15) is 0 Å². The largest absolute Gasteiger partial charge is 0.324 e. The molecule has 0 amide bonds. The standard InChI is InChI=1S/C16H16N4/c1-3-8-20-11-12(2)18-16(20)19-14-9-13-6-4-5-7-15(13)17-10-14/h3-7,9-11H,1,8H2,2H3,(H,18,19). The summed E-state index contributed by atoms with van der Waals surface area (Å²) in [6, 6.07) is 10.1. The summed E-state index contributed by atoms with van der Waals surface area (Å²) in [5, 5.41) is 4.42. The third-order valence-corrected chi connectivity index (χ3v) is 3.07. The number of rotatable bonds is 4. The fourth-order valence-corrected chi connectivity index (χ4v) is 2.19. The van der Waals surface area contributed by atoms with Crippen molar-refractivity contribution >= 4 is 22.5 Å². The van der Waals surface area contributed by atoms with Crippen LogP contribution >= 0.6 is 0 Å². The summed E-state index contributed by atoms with van der Waals surface area (Å²) >= 11 is 0. The van der Waals surface area contributed by atoms with Gasteiger partial charge in [-0.2, -0.15) is 0 Å². The molecule has 1 N–H and O–H groups in total. The first-order chi connectivity index (χ1) is 9.76. The van der Waals surface area contributed by atoms with E-state index in [4.69, 9.17) is 0 Å². The SMILES string of the molecule is C=CCn1cc(C)nc1Nc1cnc2ccccc2c1. The smallest absolute Gasteiger partial charge is 0.207 e. The molecule has 0 aliphatic heterocycles. The van der Waals surface area contributed by atoms with E-state index in [0.717, 1.165) is 34.8 Å². The van der Waals surface area contributed by atoms with Crippen LogP contribution in [0, 0.1) is 6.92 Å². The second-order valence-corrected chi connectivity index (χ2v) is 4.69. The van der Waals surface area contributed by atoms with Crippen molar-refractivity contribution in [1.82, 2.24) is 14.5 Å². The lowest BCUT2D eigenvalue weighted by Gasteiger charge is -2.08. The van der Waals surface area contributed by atoms with Gasteiger partial charge in [-0.25, -0.2) is 4.98 Å². The van der Waals surface area contributed by atoms with Crippen molar-refractivity contribution < 1.29 is 0 Å². The van der Waals surface area contributed by atoms with Crippen LogP contribution in [0.4, 0.5) is 11.6 Å². The van der Waals surface area contributed by atoms with E-state index in [0.29, 0.717) is 0 Å². The van der Waals surface area contributed by atoms with Gasteiger partial charge in [-0.1, -0.05) is 24.3 Å². The minimum absolute atomic E-state index is 0.726. The molecule has 20 heavy (non-hydrogen) atoms.